The van der Waals surface area contributed by atoms with Crippen molar-refractivity contribution >= 4 is 17.7 Å². The summed E-state index contributed by atoms with van der Waals surface area (Å²) in [4.78, 5) is 42.0. The molecule has 160 valence electrons. The van der Waals surface area contributed by atoms with E-state index in [-0.39, 0.29) is 30.2 Å². The van der Waals surface area contributed by atoms with Crippen molar-refractivity contribution in [3.63, 3.8) is 0 Å². The molecule has 0 aromatic heterocycles. The highest BCUT2D eigenvalue weighted by Gasteiger charge is 2.24. The Balaban J connectivity index is 1.99. The Morgan fingerprint density at radius 1 is 1.10 bits per heavy atom. The lowest BCUT2D eigenvalue weighted by Gasteiger charge is -2.25. The molecule has 1 aliphatic rings. The van der Waals surface area contributed by atoms with Gasteiger partial charge in [-0.15, -0.1) is 0 Å². The van der Waals surface area contributed by atoms with Gasteiger partial charge in [0.05, 0.1) is 26.1 Å². The van der Waals surface area contributed by atoms with Crippen LogP contribution in [0.3, 0.4) is 0 Å². The van der Waals surface area contributed by atoms with Gasteiger partial charge in [0.25, 0.3) is 0 Å². The summed E-state index contributed by atoms with van der Waals surface area (Å²) in [6.07, 6.45) is 1.02. The van der Waals surface area contributed by atoms with Crippen LogP contribution in [0.2, 0.25) is 0 Å². The number of likely N-dealkylation sites (N-methyl/N-ethyl adjacent to an activating group) is 1. The molecule has 1 atom stereocenters. The van der Waals surface area contributed by atoms with E-state index < -0.39 is 0 Å². The van der Waals surface area contributed by atoms with Crippen LogP contribution in [0.25, 0.3) is 0 Å². The van der Waals surface area contributed by atoms with E-state index in [1.165, 1.54) is 6.92 Å². The minimum absolute atomic E-state index is 0.000328. The molecule has 1 heterocycles. The second kappa shape index (κ2) is 10.8. The molecule has 1 N–H and O–H groups in total. The average Bonchev–Trinajstić information content (AvgIpc) is 2.92. The van der Waals surface area contributed by atoms with Crippen molar-refractivity contribution in [2.24, 2.45) is 0 Å². The summed E-state index contributed by atoms with van der Waals surface area (Å²) >= 11 is 0. The van der Waals surface area contributed by atoms with Gasteiger partial charge in [-0.1, -0.05) is 12.1 Å². The molecule has 8 nitrogen and oxygen atoms in total. The average molecular weight is 405 g/mol. The summed E-state index contributed by atoms with van der Waals surface area (Å²) < 4.78 is 5.18. The predicted octanol–water partition coefficient (Wildman–Crippen LogP) is 0.885. The molecule has 1 aromatic carbocycles. The first-order valence-corrected chi connectivity index (χ1v) is 9.91. The topological polar surface area (TPSA) is 82.2 Å². The summed E-state index contributed by atoms with van der Waals surface area (Å²) in [6.45, 7) is 4.51. The van der Waals surface area contributed by atoms with E-state index in [0.717, 1.165) is 24.3 Å². The van der Waals surface area contributed by atoms with Crippen molar-refractivity contribution in [1.29, 1.82) is 0 Å². The first-order valence-electron chi connectivity index (χ1n) is 9.91. The van der Waals surface area contributed by atoms with Gasteiger partial charge >= 0.3 is 0 Å². The monoisotopic (exact) mass is 404 g/mol. The highest BCUT2D eigenvalue weighted by atomic mass is 16.5. The van der Waals surface area contributed by atoms with Crippen LogP contribution in [0, 0.1) is 0 Å². The van der Waals surface area contributed by atoms with Gasteiger partial charge < -0.3 is 19.9 Å². The van der Waals surface area contributed by atoms with E-state index in [1.54, 1.807) is 26.1 Å². The Labute approximate surface area is 172 Å². The fourth-order valence-corrected chi connectivity index (χ4v) is 3.35. The molecule has 0 aliphatic carbocycles. The zero-order valence-electron chi connectivity index (χ0n) is 17.8. The lowest BCUT2D eigenvalue weighted by molar-refractivity contribution is -0.131. The summed E-state index contributed by atoms with van der Waals surface area (Å²) in [5.74, 6) is 0.611. The number of methoxy groups -OCH3 is 1. The van der Waals surface area contributed by atoms with Crippen molar-refractivity contribution in [3.05, 3.63) is 29.8 Å². The van der Waals surface area contributed by atoms with Crippen LogP contribution in [0.4, 0.5) is 0 Å². The third-order valence-corrected chi connectivity index (χ3v) is 5.07. The number of rotatable bonds is 7. The van der Waals surface area contributed by atoms with Gasteiger partial charge in [-0.25, -0.2) is 0 Å². The summed E-state index contributed by atoms with van der Waals surface area (Å²) in [5, 5.41) is 2.88. The second-order valence-electron chi connectivity index (χ2n) is 7.53. The number of benzene rings is 1. The first-order chi connectivity index (χ1) is 13.8. The molecule has 1 saturated heterocycles. The van der Waals surface area contributed by atoms with Crippen LogP contribution in [0.1, 0.15) is 31.4 Å². The third kappa shape index (κ3) is 7.05. The largest absolute Gasteiger partial charge is 0.497 e. The minimum Gasteiger partial charge on any atom is -0.497 e. The maximum atomic E-state index is 12.9. The second-order valence-corrected chi connectivity index (χ2v) is 7.53. The maximum Gasteiger partial charge on any atom is 0.236 e. The molecule has 29 heavy (non-hydrogen) atoms. The lowest BCUT2D eigenvalue weighted by Crippen LogP contribution is -2.40. The zero-order chi connectivity index (χ0) is 21.4. The van der Waals surface area contributed by atoms with E-state index in [9.17, 15) is 14.4 Å². The molecule has 2 rings (SSSR count). The normalized spacial score (nSPS) is 15.9. The molecule has 3 amide bonds. The molecule has 1 fully saturated rings. The lowest BCUT2D eigenvalue weighted by atomic mass is 10.0. The Morgan fingerprint density at radius 2 is 1.79 bits per heavy atom. The highest BCUT2D eigenvalue weighted by molar-refractivity contribution is 5.79. The van der Waals surface area contributed by atoms with Crippen molar-refractivity contribution in [1.82, 2.24) is 20.0 Å². The Morgan fingerprint density at radius 3 is 2.38 bits per heavy atom. The van der Waals surface area contributed by atoms with Gasteiger partial charge in [0, 0.05) is 47.2 Å². The quantitative estimate of drug-likeness (QED) is 0.730. The fourth-order valence-electron chi connectivity index (χ4n) is 3.35. The van der Waals surface area contributed by atoms with Gasteiger partial charge in [0.15, 0.2) is 0 Å². The van der Waals surface area contributed by atoms with E-state index in [0.29, 0.717) is 26.2 Å². The number of nitrogens with zero attached hydrogens (tertiary/aromatic N) is 3. The predicted molar refractivity (Wildman–Crippen MR) is 110 cm³/mol. The highest BCUT2D eigenvalue weighted by Crippen LogP contribution is 2.21. The molecule has 0 radical (unpaired) electrons. The number of ether oxygens (including phenoxy) is 1. The molecular weight excluding hydrogens is 372 g/mol. The van der Waals surface area contributed by atoms with Gasteiger partial charge in [-0.3, -0.25) is 19.3 Å². The Hall–Kier alpha value is -2.61. The van der Waals surface area contributed by atoms with Gasteiger partial charge in [-0.05, 0) is 24.1 Å². The fraction of sp³-hybridized carbons (Fsp3) is 0.571. The minimum atomic E-state index is -0.388. The van der Waals surface area contributed by atoms with Crippen LogP contribution in [0.5, 0.6) is 5.75 Å². The molecule has 0 spiro atoms. The van der Waals surface area contributed by atoms with Crippen molar-refractivity contribution in [2.75, 3.05) is 53.9 Å². The molecule has 1 aliphatic heterocycles. The Kier molecular flexibility index (Phi) is 8.45. The van der Waals surface area contributed by atoms with E-state index in [1.807, 2.05) is 29.2 Å². The number of amides is 3. The zero-order valence-corrected chi connectivity index (χ0v) is 17.8. The van der Waals surface area contributed by atoms with E-state index in [2.05, 4.69) is 10.2 Å². The summed E-state index contributed by atoms with van der Waals surface area (Å²) in [6, 6.07) is 6.98. The third-order valence-electron chi connectivity index (χ3n) is 5.07. The maximum absolute atomic E-state index is 12.9. The van der Waals surface area contributed by atoms with Gasteiger partial charge in [0.1, 0.15) is 5.75 Å². The van der Waals surface area contributed by atoms with Crippen molar-refractivity contribution in [2.45, 2.75) is 25.8 Å². The number of hydrogen-bond donors (Lipinski definition) is 1. The van der Waals surface area contributed by atoms with Crippen LogP contribution in [-0.4, -0.2) is 86.4 Å². The summed E-state index contributed by atoms with van der Waals surface area (Å²) in [7, 11) is 5.09. The van der Waals surface area contributed by atoms with Crippen LogP contribution >= 0.6 is 0 Å². The van der Waals surface area contributed by atoms with Crippen molar-refractivity contribution in [3.8, 4) is 5.75 Å². The standard InChI is InChI=1S/C21H32N4O4/c1-16(26)22-19(17-6-8-18(29-4)9-7-17)14-20(27)25-11-5-10-24(12-13-25)15-21(28)23(2)3/h6-9,19H,5,10-15H2,1-4H3,(H,22,26). The molecule has 8 heteroatoms. The van der Waals surface area contributed by atoms with Gasteiger partial charge in [0.2, 0.25) is 17.7 Å². The molecule has 0 saturated carbocycles. The number of nitrogens with one attached hydrogen (secondary N) is 1. The summed E-state index contributed by atoms with van der Waals surface area (Å²) in [5.41, 5.74) is 0.863. The van der Waals surface area contributed by atoms with Crippen molar-refractivity contribution < 1.29 is 19.1 Å². The SMILES string of the molecule is COc1ccc(C(CC(=O)N2CCCN(CC(=O)N(C)C)CC2)NC(C)=O)cc1. The number of carbonyl (C=O) groups excluding carboxylic acids is 3. The number of hydrogen-bond acceptors (Lipinski definition) is 5. The molecule has 0 bridgehead atoms. The van der Waals surface area contributed by atoms with Crippen LogP contribution < -0.4 is 10.1 Å². The first kappa shape index (κ1) is 22.7. The van der Waals surface area contributed by atoms with E-state index >= 15 is 0 Å². The number of carbonyl (C=O) groups is 3. The Bertz CT molecular complexity index is 705. The van der Waals surface area contributed by atoms with Crippen LogP contribution in [0.15, 0.2) is 24.3 Å². The molecule has 1 aromatic rings. The smallest absolute Gasteiger partial charge is 0.236 e. The van der Waals surface area contributed by atoms with Gasteiger partial charge in [-0.2, -0.15) is 0 Å². The molecular formula is C21H32N4O4. The van der Waals surface area contributed by atoms with Crippen LogP contribution in [-0.2, 0) is 14.4 Å². The molecule has 1 unspecified atom stereocenters. The van der Waals surface area contributed by atoms with E-state index in [4.69, 9.17) is 4.74 Å².